The molecule has 178 valence electrons. The molecule has 1 fully saturated rings. The van der Waals surface area contributed by atoms with Gasteiger partial charge in [0, 0.05) is 24.1 Å². The van der Waals surface area contributed by atoms with E-state index in [1.807, 2.05) is 6.92 Å². The summed E-state index contributed by atoms with van der Waals surface area (Å²) in [6.07, 6.45) is 5.43. The minimum Gasteiger partial charge on any atom is -0.619 e. The standard InChI is InChI=1S/C25H23FN6O3/c1-2-35-19-7-8-21(27-15-19)24-30-29-23(32(24)22-6-4-3-5-20(22)26)17-13-18(14-17)28-25(33)16-9-11-31(34)12-10-16/h3-12,15,17-18H,2,13-14H2,1H3,(H,28,33). The Morgan fingerprint density at radius 1 is 1.17 bits per heavy atom. The molecular formula is C25H23FN6O3. The molecule has 5 rings (SSSR count). The zero-order valence-electron chi connectivity index (χ0n) is 19.0. The van der Waals surface area contributed by atoms with Crippen LogP contribution in [0.25, 0.3) is 17.2 Å². The number of halogens is 1. The smallest absolute Gasteiger partial charge is 0.251 e. The molecule has 0 unspecified atom stereocenters. The van der Waals surface area contributed by atoms with E-state index in [9.17, 15) is 14.4 Å². The van der Waals surface area contributed by atoms with Gasteiger partial charge in [-0.05, 0) is 44.0 Å². The minimum atomic E-state index is -0.399. The van der Waals surface area contributed by atoms with Crippen LogP contribution < -0.4 is 14.8 Å². The number of ether oxygens (including phenoxy) is 1. The van der Waals surface area contributed by atoms with E-state index in [0.717, 1.165) is 0 Å². The molecule has 4 aromatic rings. The SMILES string of the molecule is CCOc1ccc(-c2nnc(C3CC(NC(=O)c4cc[n+]([O-])cc4)C3)n2-c2ccccc2F)nc1. The van der Waals surface area contributed by atoms with E-state index in [1.54, 1.807) is 41.1 Å². The van der Waals surface area contributed by atoms with Gasteiger partial charge in [-0.3, -0.25) is 9.36 Å². The Hall–Kier alpha value is -4.34. The number of hydrogen-bond acceptors (Lipinski definition) is 6. The normalized spacial score (nSPS) is 17.0. The van der Waals surface area contributed by atoms with Gasteiger partial charge in [0.1, 0.15) is 23.1 Å². The van der Waals surface area contributed by atoms with Gasteiger partial charge in [0.25, 0.3) is 5.91 Å². The lowest BCUT2D eigenvalue weighted by molar-refractivity contribution is -0.605. The van der Waals surface area contributed by atoms with Crippen LogP contribution in [0.3, 0.4) is 0 Å². The summed E-state index contributed by atoms with van der Waals surface area (Å²) in [5.74, 6) is 1.00. The quantitative estimate of drug-likeness (QED) is 0.326. The van der Waals surface area contributed by atoms with Crippen LogP contribution in [0.15, 0.2) is 67.1 Å². The van der Waals surface area contributed by atoms with Crippen LogP contribution in [0.4, 0.5) is 4.39 Å². The van der Waals surface area contributed by atoms with Crippen molar-refractivity contribution in [2.24, 2.45) is 0 Å². The highest BCUT2D eigenvalue weighted by molar-refractivity contribution is 5.94. The summed E-state index contributed by atoms with van der Waals surface area (Å²) in [4.78, 5) is 16.9. The second-order valence-electron chi connectivity index (χ2n) is 8.27. The number of aromatic nitrogens is 5. The predicted molar refractivity (Wildman–Crippen MR) is 124 cm³/mol. The molecule has 0 atom stereocenters. The Balaban J connectivity index is 1.39. The number of pyridine rings is 2. The fourth-order valence-corrected chi connectivity index (χ4v) is 4.14. The van der Waals surface area contributed by atoms with Crippen molar-refractivity contribution in [3.63, 3.8) is 0 Å². The van der Waals surface area contributed by atoms with E-state index in [4.69, 9.17) is 4.74 Å². The maximum atomic E-state index is 14.8. The Morgan fingerprint density at radius 3 is 2.63 bits per heavy atom. The zero-order chi connectivity index (χ0) is 24.4. The third-order valence-electron chi connectivity index (χ3n) is 5.96. The number of nitrogens with zero attached hydrogens (tertiary/aromatic N) is 5. The van der Waals surface area contributed by atoms with Gasteiger partial charge in [-0.1, -0.05) is 12.1 Å². The Morgan fingerprint density at radius 2 is 1.94 bits per heavy atom. The molecule has 1 aromatic carbocycles. The van der Waals surface area contributed by atoms with Crippen LogP contribution in [-0.4, -0.2) is 38.3 Å². The number of hydrogen-bond donors (Lipinski definition) is 1. The molecule has 10 heteroatoms. The Kier molecular flexibility index (Phi) is 6.09. The molecule has 0 aliphatic heterocycles. The molecule has 9 nitrogen and oxygen atoms in total. The maximum absolute atomic E-state index is 14.8. The monoisotopic (exact) mass is 474 g/mol. The van der Waals surface area contributed by atoms with E-state index >= 15 is 0 Å². The van der Waals surface area contributed by atoms with Gasteiger partial charge >= 0.3 is 0 Å². The van der Waals surface area contributed by atoms with E-state index in [0.29, 0.717) is 58.5 Å². The zero-order valence-corrected chi connectivity index (χ0v) is 19.0. The summed E-state index contributed by atoms with van der Waals surface area (Å²) in [5, 5.41) is 22.9. The second kappa shape index (κ2) is 9.49. The second-order valence-corrected chi connectivity index (χ2v) is 8.27. The summed E-state index contributed by atoms with van der Waals surface area (Å²) < 4.78 is 22.6. The van der Waals surface area contributed by atoms with Gasteiger partial charge in [-0.25, -0.2) is 9.37 Å². The third kappa shape index (κ3) is 4.54. The third-order valence-corrected chi connectivity index (χ3v) is 5.96. The Bertz CT molecular complexity index is 1330. The van der Waals surface area contributed by atoms with Crippen LogP contribution in [0.1, 0.15) is 41.9 Å². The number of benzene rings is 1. The molecule has 3 heterocycles. The molecule has 1 aliphatic carbocycles. The molecule has 0 radical (unpaired) electrons. The number of rotatable bonds is 7. The molecule has 35 heavy (non-hydrogen) atoms. The fraction of sp³-hybridized carbons (Fsp3) is 0.240. The van der Waals surface area contributed by atoms with Crippen LogP contribution in [-0.2, 0) is 0 Å². The first-order valence-electron chi connectivity index (χ1n) is 11.3. The summed E-state index contributed by atoms with van der Waals surface area (Å²) in [7, 11) is 0. The van der Waals surface area contributed by atoms with E-state index in [2.05, 4.69) is 20.5 Å². The summed E-state index contributed by atoms with van der Waals surface area (Å²) >= 11 is 0. The van der Waals surface area contributed by atoms with Crippen molar-refractivity contribution < 1.29 is 18.7 Å². The van der Waals surface area contributed by atoms with Gasteiger partial charge in [0.05, 0.1) is 24.1 Å². The highest BCUT2D eigenvalue weighted by Crippen LogP contribution is 2.39. The molecule has 1 aliphatic rings. The first kappa shape index (κ1) is 22.5. The van der Waals surface area contributed by atoms with Crippen molar-refractivity contribution in [2.75, 3.05) is 6.61 Å². The van der Waals surface area contributed by atoms with Crippen molar-refractivity contribution >= 4 is 5.91 Å². The summed E-state index contributed by atoms with van der Waals surface area (Å²) in [6, 6.07) is 12.9. The van der Waals surface area contributed by atoms with E-state index in [-0.39, 0.29) is 17.9 Å². The van der Waals surface area contributed by atoms with Crippen LogP contribution >= 0.6 is 0 Å². The number of amides is 1. The van der Waals surface area contributed by atoms with Crippen LogP contribution in [0, 0.1) is 11.0 Å². The lowest BCUT2D eigenvalue weighted by Gasteiger charge is -2.35. The topological polar surface area (TPSA) is 109 Å². The fourth-order valence-electron chi connectivity index (χ4n) is 4.14. The average Bonchev–Trinajstić information content (AvgIpc) is 3.26. The molecule has 0 bridgehead atoms. The van der Waals surface area contributed by atoms with Gasteiger partial charge < -0.3 is 15.3 Å². The molecule has 3 aromatic heterocycles. The van der Waals surface area contributed by atoms with Crippen molar-refractivity contribution in [2.45, 2.75) is 31.7 Å². The number of carbonyl (C=O) groups is 1. The van der Waals surface area contributed by atoms with E-state index < -0.39 is 5.82 Å². The molecule has 1 saturated carbocycles. The minimum absolute atomic E-state index is 0.0246. The number of para-hydroxylation sites is 1. The van der Waals surface area contributed by atoms with Gasteiger partial charge in [-0.15, -0.1) is 10.2 Å². The lowest BCUT2D eigenvalue weighted by Crippen LogP contribution is -2.44. The first-order valence-corrected chi connectivity index (χ1v) is 11.3. The Labute approximate surface area is 200 Å². The molecule has 1 amide bonds. The van der Waals surface area contributed by atoms with Crippen molar-refractivity contribution in [3.8, 4) is 23.0 Å². The molecule has 0 saturated heterocycles. The maximum Gasteiger partial charge on any atom is 0.251 e. The predicted octanol–water partition coefficient (Wildman–Crippen LogP) is 3.18. The lowest BCUT2D eigenvalue weighted by atomic mass is 9.79. The first-order chi connectivity index (χ1) is 17.0. The highest BCUT2D eigenvalue weighted by Gasteiger charge is 2.36. The van der Waals surface area contributed by atoms with Gasteiger partial charge in [-0.2, -0.15) is 4.73 Å². The van der Waals surface area contributed by atoms with Crippen LogP contribution in [0.5, 0.6) is 5.75 Å². The van der Waals surface area contributed by atoms with Crippen molar-refractivity contribution in [3.05, 3.63) is 89.5 Å². The van der Waals surface area contributed by atoms with Crippen molar-refractivity contribution in [1.82, 2.24) is 25.1 Å². The average molecular weight is 474 g/mol. The molecular weight excluding hydrogens is 451 g/mol. The number of carbonyl (C=O) groups excluding carboxylic acids is 1. The summed E-state index contributed by atoms with van der Waals surface area (Å²) in [6.45, 7) is 2.42. The molecule has 0 spiro atoms. The largest absolute Gasteiger partial charge is 0.619 e. The van der Waals surface area contributed by atoms with E-state index in [1.165, 1.54) is 30.6 Å². The van der Waals surface area contributed by atoms with Crippen LogP contribution in [0.2, 0.25) is 0 Å². The summed E-state index contributed by atoms with van der Waals surface area (Å²) in [5.41, 5.74) is 1.29. The number of nitrogens with one attached hydrogen (secondary N) is 1. The highest BCUT2D eigenvalue weighted by atomic mass is 19.1. The van der Waals surface area contributed by atoms with Gasteiger partial charge in [0.15, 0.2) is 18.2 Å². The van der Waals surface area contributed by atoms with Crippen molar-refractivity contribution in [1.29, 1.82) is 0 Å². The molecule has 1 N–H and O–H groups in total. The van der Waals surface area contributed by atoms with Gasteiger partial charge in [0.2, 0.25) is 0 Å².